The molecule has 0 spiro atoms. The van der Waals surface area contributed by atoms with Crippen LogP contribution in [-0.4, -0.2) is 13.1 Å². The minimum absolute atomic E-state index is 0.554. The summed E-state index contributed by atoms with van der Waals surface area (Å²) in [6.07, 6.45) is 3.61. The van der Waals surface area contributed by atoms with Gasteiger partial charge in [-0.25, -0.2) is 0 Å². The van der Waals surface area contributed by atoms with E-state index >= 15 is 0 Å². The molecule has 0 radical (unpaired) electrons. The van der Waals surface area contributed by atoms with Gasteiger partial charge in [0, 0.05) is 22.4 Å². The van der Waals surface area contributed by atoms with Crippen LogP contribution >= 0.6 is 11.6 Å². The van der Waals surface area contributed by atoms with E-state index in [9.17, 15) is 0 Å². The van der Waals surface area contributed by atoms with Gasteiger partial charge in [-0.2, -0.15) is 0 Å². The van der Waals surface area contributed by atoms with Crippen LogP contribution in [0.5, 0.6) is 0 Å². The van der Waals surface area contributed by atoms with Gasteiger partial charge >= 0.3 is 0 Å². The third-order valence-corrected chi connectivity index (χ3v) is 3.98. The van der Waals surface area contributed by atoms with E-state index in [1.807, 2.05) is 25.2 Å². The van der Waals surface area contributed by atoms with Crippen molar-refractivity contribution < 1.29 is 4.42 Å². The van der Waals surface area contributed by atoms with Crippen LogP contribution in [0, 0.1) is 0 Å². The Bertz CT molecular complexity index is 534. The van der Waals surface area contributed by atoms with E-state index in [4.69, 9.17) is 16.0 Å². The molecule has 90 valence electrons. The number of benzene rings is 1. The Hall–Kier alpha value is -0.990. The average molecular weight is 250 g/mol. The van der Waals surface area contributed by atoms with E-state index in [1.165, 1.54) is 19.3 Å². The number of halogens is 1. The van der Waals surface area contributed by atoms with Crippen molar-refractivity contribution in [2.24, 2.45) is 0 Å². The topological polar surface area (TPSA) is 25.2 Å². The van der Waals surface area contributed by atoms with E-state index < -0.39 is 0 Å². The SMILES string of the molecule is CNC1CCC(c2cc3cc(Cl)ccc3o2)C1. The zero-order valence-electron chi connectivity index (χ0n) is 9.87. The summed E-state index contributed by atoms with van der Waals surface area (Å²) in [4.78, 5) is 0. The van der Waals surface area contributed by atoms with E-state index in [0.29, 0.717) is 12.0 Å². The van der Waals surface area contributed by atoms with Crippen LogP contribution in [0.2, 0.25) is 5.02 Å². The van der Waals surface area contributed by atoms with Crippen LogP contribution < -0.4 is 5.32 Å². The predicted molar refractivity (Wildman–Crippen MR) is 70.7 cm³/mol. The first kappa shape index (κ1) is 11.1. The summed E-state index contributed by atoms with van der Waals surface area (Å²) in [6, 6.07) is 8.57. The van der Waals surface area contributed by atoms with Gasteiger partial charge in [0.2, 0.25) is 0 Å². The van der Waals surface area contributed by atoms with Gasteiger partial charge in [0.25, 0.3) is 0 Å². The zero-order valence-corrected chi connectivity index (χ0v) is 10.6. The predicted octanol–water partition coefficient (Wildman–Crippen LogP) is 3.94. The van der Waals surface area contributed by atoms with Crippen LogP contribution in [0.25, 0.3) is 11.0 Å². The van der Waals surface area contributed by atoms with Crippen molar-refractivity contribution >= 4 is 22.6 Å². The lowest BCUT2D eigenvalue weighted by Gasteiger charge is -2.07. The summed E-state index contributed by atoms with van der Waals surface area (Å²) in [5.41, 5.74) is 0.942. The normalized spacial score (nSPS) is 24.6. The van der Waals surface area contributed by atoms with E-state index in [2.05, 4.69) is 11.4 Å². The minimum atomic E-state index is 0.554. The second kappa shape index (κ2) is 4.35. The van der Waals surface area contributed by atoms with Crippen molar-refractivity contribution in [3.63, 3.8) is 0 Å². The highest BCUT2D eigenvalue weighted by Gasteiger charge is 2.27. The Labute approximate surface area is 106 Å². The Morgan fingerprint density at radius 1 is 1.29 bits per heavy atom. The third-order valence-electron chi connectivity index (χ3n) is 3.74. The maximum atomic E-state index is 5.98. The van der Waals surface area contributed by atoms with Crippen LogP contribution in [0.15, 0.2) is 28.7 Å². The van der Waals surface area contributed by atoms with Crippen molar-refractivity contribution in [2.45, 2.75) is 31.2 Å². The van der Waals surface area contributed by atoms with Gasteiger partial charge < -0.3 is 9.73 Å². The van der Waals surface area contributed by atoms with Crippen molar-refractivity contribution in [3.05, 3.63) is 35.0 Å². The van der Waals surface area contributed by atoms with E-state index in [-0.39, 0.29) is 0 Å². The molecule has 0 aliphatic heterocycles. The highest BCUT2D eigenvalue weighted by molar-refractivity contribution is 6.31. The van der Waals surface area contributed by atoms with Crippen molar-refractivity contribution in [1.82, 2.24) is 5.32 Å². The fourth-order valence-electron chi connectivity index (χ4n) is 2.74. The first-order chi connectivity index (χ1) is 8.26. The molecule has 1 aromatic heterocycles. The molecule has 2 atom stereocenters. The van der Waals surface area contributed by atoms with Crippen LogP contribution in [0.1, 0.15) is 30.9 Å². The highest BCUT2D eigenvalue weighted by atomic mass is 35.5. The van der Waals surface area contributed by atoms with E-state index in [0.717, 1.165) is 21.8 Å². The van der Waals surface area contributed by atoms with Gasteiger partial charge in [0.1, 0.15) is 11.3 Å². The fourth-order valence-corrected chi connectivity index (χ4v) is 2.92. The second-order valence-electron chi connectivity index (χ2n) is 4.83. The average Bonchev–Trinajstić information content (AvgIpc) is 2.93. The van der Waals surface area contributed by atoms with Gasteiger partial charge in [-0.15, -0.1) is 0 Å². The summed E-state index contributed by atoms with van der Waals surface area (Å²) in [7, 11) is 2.03. The molecule has 17 heavy (non-hydrogen) atoms. The first-order valence-corrected chi connectivity index (χ1v) is 6.50. The minimum Gasteiger partial charge on any atom is -0.461 e. The fraction of sp³-hybridized carbons (Fsp3) is 0.429. The first-order valence-electron chi connectivity index (χ1n) is 6.12. The van der Waals surface area contributed by atoms with Crippen LogP contribution in [-0.2, 0) is 0 Å². The molecule has 0 bridgehead atoms. The summed E-state index contributed by atoms with van der Waals surface area (Å²) in [5.74, 6) is 1.67. The van der Waals surface area contributed by atoms with Gasteiger partial charge in [-0.1, -0.05) is 11.6 Å². The smallest absolute Gasteiger partial charge is 0.134 e. The Kier molecular flexibility index (Phi) is 2.85. The van der Waals surface area contributed by atoms with Crippen molar-refractivity contribution in [3.8, 4) is 0 Å². The standard InChI is InChI=1S/C14H16ClNO/c1-16-12-4-2-9(7-12)14-8-10-6-11(15)3-5-13(10)17-14/h3,5-6,8-9,12,16H,2,4,7H2,1H3. The number of furan rings is 1. The number of hydrogen-bond acceptors (Lipinski definition) is 2. The molecule has 0 amide bonds. The van der Waals surface area contributed by atoms with Crippen molar-refractivity contribution in [2.75, 3.05) is 7.05 Å². The van der Waals surface area contributed by atoms with Gasteiger partial charge in [-0.3, -0.25) is 0 Å². The molecule has 2 unspecified atom stereocenters. The molecule has 3 rings (SSSR count). The number of fused-ring (bicyclic) bond motifs is 1. The van der Waals surface area contributed by atoms with Gasteiger partial charge in [0.05, 0.1) is 0 Å². The summed E-state index contributed by atoms with van der Waals surface area (Å²) in [5, 5.41) is 5.22. The third kappa shape index (κ3) is 2.07. The molecule has 1 aromatic carbocycles. The summed E-state index contributed by atoms with van der Waals surface area (Å²) in [6.45, 7) is 0. The van der Waals surface area contributed by atoms with Gasteiger partial charge in [0.15, 0.2) is 0 Å². The Balaban J connectivity index is 1.91. The molecule has 1 aliphatic carbocycles. The number of nitrogens with one attached hydrogen (secondary N) is 1. The Morgan fingerprint density at radius 2 is 2.18 bits per heavy atom. The molecular formula is C14H16ClNO. The Morgan fingerprint density at radius 3 is 2.94 bits per heavy atom. The molecule has 1 aliphatic rings. The number of hydrogen-bond donors (Lipinski definition) is 1. The summed E-state index contributed by atoms with van der Waals surface area (Å²) >= 11 is 5.98. The maximum Gasteiger partial charge on any atom is 0.134 e. The molecule has 2 nitrogen and oxygen atoms in total. The highest BCUT2D eigenvalue weighted by Crippen LogP contribution is 2.37. The lowest BCUT2D eigenvalue weighted by molar-refractivity contribution is 0.483. The molecule has 1 heterocycles. The number of rotatable bonds is 2. The van der Waals surface area contributed by atoms with Crippen LogP contribution in [0.4, 0.5) is 0 Å². The van der Waals surface area contributed by atoms with Crippen LogP contribution in [0.3, 0.4) is 0 Å². The maximum absolute atomic E-state index is 5.98. The molecule has 1 fully saturated rings. The molecule has 3 heteroatoms. The van der Waals surface area contributed by atoms with Crippen molar-refractivity contribution in [1.29, 1.82) is 0 Å². The molecule has 1 N–H and O–H groups in total. The zero-order chi connectivity index (χ0) is 11.8. The molecule has 2 aromatic rings. The molecule has 0 saturated heterocycles. The quantitative estimate of drug-likeness (QED) is 0.872. The second-order valence-corrected chi connectivity index (χ2v) is 5.26. The lowest BCUT2D eigenvalue weighted by atomic mass is 10.0. The monoisotopic (exact) mass is 249 g/mol. The largest absolute Gasteiger partial charge is 0.461 e. The molecule has 1 saturated carbocycles. The van der Waals surface area contributed by atoms with E-state index in [1.54, 1.807) is 0 Å². The lowest BCUT2D eigenvalue weighted by Crippen LogP contribution is -2.20. The molecular weight excluding hydrogens is 234 g/mol. The summed E-state index contributed by atoms with van der Waals surface area (Å²) < 4.78 is 5.91. The van der Waals surface area contributed by atoms with Gasteiger partial charge in [-0.05, 0) is 50.6 Å².